The second-order valence-electron chi connectivity index (χ2n) is 12.8. The van der Waals surface area contributed by atoms with Gasteiger partial charge in [-0.15, -0.1) is 0 Å². The number of hydrogen-bond acceptors (Lipinski definition) is 10. The number of amides is 1. The molecule has 43 heavy (non-hydrogen) atoms. The SMILES string of the molecule is CN(C)[C@@H]1C(=O)C(C(N)=O)C(=O)[C@@]2(O)C(=O)C3C(=O)c4c(O)ccc(-c5ccc(CNC6CCCCC6)o5)c4C[C@H]3C[C@@H]12. The van der Waals surface area contributed by atoms with Gasteiger partial charge in [-0.3, -0.25) is 28.9 Å². The summed E-state index contributed by atoms with van der Waals surface area (Å²) in [6.45, 7) is 0.559. The maximum atomic E-state index is 14.0. The summed E-state index contributed by atoms with van der Waals surface area (Å²) >= 11 is 0. The van der Waals surface area contributed by atoms with E-state index in [9.17, 15) is 34.2 Å². The van der Waals surface area contributed by atoms with Gasteiger partial charge in [0.25, 0.3) is 0 Å². The Balaban J connectivity index is 1.35. The van der Waals surface area contributed by atoms with Gasteiger partial charge < -0.3 is 25.7 Å². The van der Waals surface area contributed by atoms with Crippen LogP contribution in [0.5, 0.6) is 5.75 Å². The zero-order valence-corrected chi connectivity index (χ0v) is 24.3. The number of likely N-dealkylation sites (N-methyl/N-ethyl adjacent to an activating group) is 1. The first-order valence-corrected chi connectivity index (χ1v) is 15.0. The van der Waals surface area contributed by atoms with Crippen LogP contribution in [0.1, 0.15) is 60.2 Å². The predicted octanol–water partition coefficient (Wildman–Crippen LogP) is 1.55. The third-order valence-electron chi connectivity index (χ3n) is 10.0. The van der Waals surface area contributed by atoms with E-state index in [2.05, 4.69) is 5.32 Å². The number of carbonyl (C=O) groups is 5. The lowest BCUT2D eigenvalue weighted by Gasteiger charge is -2.52. The van der Waals surface area contributed by atoms with E-state index >= 15 is 0 Å². The number of hydrogen-bond donors (Lipinski definition) is 4. The smallest absolute Gasteiger partial charge is 0.235 e. The first kappa shape index (κ1) is 29.4. The number of aromatic hydroxyl groups is 1. The lowest BCUT2D eigenvalue weighted by Crippen LogP contribution is -2.74. The van der Waals surface area contributed by atoms with Crippen molar-refractivity contribution >= 4 is 29.0 Å². The summed E-state index contributed by atoms with van der Waals surface area (Å²) < 4.78 is 6.17. The van der Waals surface area contributed by atoms with Crippen LogP contribution in [0.2, 0.25) is 0 Å². The topological polar surface area (TPSA) is 180 Å². The van der Waals surface area contributed by atoms with Gasteiger partial charge in [0, 0.05) is 17.5 Å². The number of nitrogens with one attached hydrogen (secondary N) is 1. The Hall–Kier alpha value is -3.67. The normalized spacial score (nSPS) is 31.1. The Kier molecular flexibility index (Phi) is 7.38. The van der Waals surface area contributed by atoms with Gasteiger partial charge in [0.05, 0.1) is 24.1 Å². The van der Waals surface area contributed by atoms with Crippen LogP contribution in [0, 0.1) is 23.7 Å². The molecule has 5 N–H and O–H groups in total. The van der Waals surface area contributed by atoms with Crippen LogP contribution >= 0.6 is 0 Å². The predicted molar refractivity (Wildman–Crippen MR) is 153 cm³/mol. The van der Waals surface area contributed by atoms with E-state index < -0.39 is 64.4 Å². The van der Waals surface area contributed by atoms with Crippen molar-refractivity contribution in [3.05, 3.63) is 41.2 Å². The molecule has 1 amide bonds. The fraction of sp³-hybridized carbons (Fsp3) is 0.531. The minimum atomic E-state index is -2.74. The summed E-state index contributed by atoms with van der Waals surface area (Å²) in [7, 11) is 3.12. The van der Waals surface area contributed by atoms with Crippen molar-refractivity contribution in [2.24, 2.45) is 29.4 Å². The van der Waals surface area contributed by atoms with E-state index in [1.807, 2.05) is 12.1 Å². The molecule has 0 spiro atoms. The number of Topliss-reactive ketones (excluding diaryl/α,β-unsaturated/α-hetero) is 4. The highest BCUT2D eigenvalue weighted by Gasteiger charge is 2.69. The van der Waals surface area contributed by atoms with Crippen LogP contribution in [-0.2, 0) is 32.1 Å². The van der Waals surface area contributed by atoms with Gasteiger partial charge in [0.2, 0.25) is 5.91 Å². The summed E-state index contributed by atoms with van der Waals surface area (Å²) in [5.74, 6) is -9.41. The fourth-order valence-electron chi connectivity index (χ4n) is 8.00. The summed E-state index contributed by atoms with van der Waals surface area (Å²) in [4.78, 5) is 68.2. The van der Waals surface area contributed by atoms with E-state index in [0.29, 0.717) is 29.5 Å². The number of rotatable bonds is 6. The van der Waals surface area contributed by atoms with Crippen molar-refractivity contribution in [3.8, 4) is 17.1 Å². The number of carbonyl (C=O) groups excluding carboxylic acids is 5. The molecule has 0 saturated heterocycles. The minimum Gasteiger partial charge on any atom is -0.507 e. The zero-order chi connectivity index (χ0) is 30.8. The molecule has 4 aliphatic rings. The summed E-state index contributed by atoms with van der Waals surface area (Å²) in [6.07, 6.45) is 6.11. The molecular weight excluding hydrogens is 554 g/mol. The zero-order valence-electron chi connectivity index (χ0n) is 24.3. The number of phenolic OH excluding ortho intramolecular Hbond substituents is 1. The Morgan fingerprint density at radius 2 is 1.79 bits per heavy atom. The second-order valence-corrected chi connectivity index (χ2v) is 12.8. The maximum Gasteiger partial charge on any atom is 0.235 e. The number of fused-ring (bicyclic) bond motifs is 3. The van der Waals surface area contributed by atoms with E-state index in [-0.39, 0.29) is 24.2 Å². The lowest BCUT2D eigenvalue weighted by molar-refractivity contribution is -0.181. The molecule has 0 radical (unpaired) electrons. The van der Waals surface area contributed by atoms with E-state index in [0.717, 1.165) is 18.6 Å². The van der Waals surface area contributed by atoms with Crippen LogP contribution in [0.25, 0.3) is 11.3 Å². The largest absolute Gasteiger partial charge is 0.507 e. The van der Waals surface area contributed by atoms with Crippen LogP contribution < -0.4 is 11.1 Å². The molecule has 3 saturated carbocycles. The highest BCUT2D eigenvalue weighted by molar-refractivity contribution is 6.32. The monoisotopic (exact) mass is 591 g/mol. The van der Waals surface area contributed by atoms with Crippen molar-refractivity contribution in [1.82, 2.24) is 10.2 Å². The quantitative estimate of drug-likeness (QED) is 0.360. The summed E-state index contributed by atoms with van der Waals surface area (Å²) in [5, 5.41) is 26.1. The van der Waals surface area contributed by atoms with Crippen molar-refractivity contribution in [2.45, 2.75) is 69.2 Å². The molecule has 1 aromatic heterocycles. The lowest BCUT2D eigenvalue weighted by atomic mass is 9.52. The van der Waals surface area contributed by atoms with Gasteiger partial charge in [-0.1, -0.05) is 19.3 Å². The van der Waals surface area contributed by atoms with Crippen molar-refractivity contribution in [2.75, 3.05) is 14.1 Å². The van der Waals surface area contributed by atoms with Crippen molar-refractivity contribution in [1.29, 1.82) is 0 Å². The molecule has 2 aromatic rings. The van der Waals surface area contributed by atoms with E-state index in [1.165, 1.54) is 30.2 Å². The molecular formula is C32H37N3O8. The highest BCUT2D eigenvalue weighted by Crippen LogP contribution is 2.51. The van der Waals surface area contributed by atoms with Crippen molar-refractivity contribution < 1.29 is 38.6 Å². The molecule has 0 bridgehead atoms. The van der Waals surface area contributed by atoms with Gasteiger partial charge in [-0.05, 0) is 75.5 Å². The Morgan fingerprint density at radius 1 is 1.07 bits per heavy atom. The van der Waals surface area contributed by atoms with Gasteiger partial charge in [0.1, 0.15) is 17.3 Å². The molecule has 1 aromatic carbocycles. The summed E-state index contributed by atoms with van der Waals surface area (Å²) in [6, 6.07) is 6.04. The number of nitrogens with zero attached hydrogens (tertiary/aromatic N) is 1. The maximum absolute atomic E-state index is 14.0. The molecule has 2 unspecified atom stereocenters. The first-order chi connectivity index (χ1) is 20.4. The molecule has 1 heterocycles. The van der Waals surface area contributed by atoms with Gasteiger partial charge in [-0.2, -0.15) is 0 Å². The van der Waals surface area contributed by atoms with Crippen LogP contribution in [0.4, 0.5) is 0 Å². The number of phenols is 1. The molecule has 0 aliphatic heterocycles. The van der Waals surface area contributed by atoms with Crippen molar-refractivity contribution in [3.63, 3.8) is 0 Å². The molecule has 3 fully saturated rings. The third kappa shape index (κ3) is 4.56. The molecule has 6 rings (SSSR count). The van der Waals surface area contributed by atoms with Gasteiger partial charge in [-0.25, -0.2) is 0 Å². The molecule has 228 valence electrons. The third-order valence-corrected chi connectivity index (χ3v) is 10.0. The van der Waals surface area contributed by atoms with Crippen LogP contribution in [-0.4, -0.2) is 75.9 Å². The first-order valence-electron chi connectivity index (χ1n) is 15.0. The van der Waals surface area contributed by atoms with Crippen LogP contribution in [0.3, 0.4) is 0 Å². The molecule has 6 atom stereocenters. The Labute approximate surface area is 248 Å². The summed E-state index contributed by atoms with van der Waals surface area (Å²) in [5.41, 5.74) is 3.69. The number of furan rings is 1. The number of aliphatic hydroxyl groups is 1. The number of nitrogens with two attached hydrogens (primary N) is 1. The average Bonchev–Trinajstić information content (AvgIpc) is 3.43. The molecule has 11 nitrogen and oxygen atoms in total. The van der Waals surface area contributed by atoms with Crippen LogP contribution in [0.15, 0.2) is 28.7 Å². The Bertz CT molecular complexity index is 1520. The second kappa shape index (κ2) is 10.8. The van der Waals surface area contributed by atoms with Gasteiger partial charge >= 0.3 is 0 Å². The average molecular weight is 592 g/mol. The number of ketones is 4. The minimum absolute atomic E-state index is 0.00625. The molecule has 4 aliphatic carbocycles. The molecule has 11 heteroatoms. The fourth-order valence-corrected chi connectivity index (χ4v) is 8.00. The van der Waals surface area contributed by atoms with Gasteiger partial charge in [0.15, 0.2) is 34.7 Å². The van der Waals surface area contributed by atoms with E-state index in [1.54, 1.807) is 20.2 Å². The highest BCUT2D eigenvalue weighted by atomic mass is 16.3. The standard InChI is InChI=1S/C32H37N3O8/c1-35(2)26-20-13-15-12-19-18(22-11-8-17(43-22)14-34-16-6-4-3-5-7-16)9-10-21(36)24(19)27(37)23(15)29(39)32(20,42)30(40)25(28(26)38)31(33)41/h8-11,15-16,20,23,25-26,34,36,42H,3-7,12-14H2,1-2H3,(H2,33,41)/t15-,20-,23?,25?,26-,32-/m0/s1. The number of primary amides is 1. The van der Waals surface area contributed by atoms with E-state index in [4.69, 9.17) is 10.2 Å². The Morgan fingerprint density at radius 3 is 2.47 bits per heavy atom. The number of benzene rings is 1.